The molecule has 0 amide bonds. The Bertz CT molecular complexity index is 457. The lowest BCUT2D eigenvalue weighted by Crippen LogP contribution is -2.55. The Morgan fingerprint density at radius 3 is 2.94 bits per heavy atom. The number of halogens is 1. The van der Waals surface area contributed by atoms with Gasteiger partial charge in [0.25, 0.3) is 0 Å². The Hall–Kier alpha value is -1.13. The maximum atomic E-state index is 13.2. The van der Waals surface area contributed by atoms with E-state index in [0.29, 0.717) is 0 Å². The largest absolute Gasteiger partial charge is 0.487 e. The van der Waals surface area contributed by atoms with Gasteiger partial charge in [0.15, 0.2) is 0 Å². The fourth-order valence-corrected chi connectivity index (χ4v) is 3.06. The topological polar surface area (TPSA) is 44.5 Å². The molecule has 98 valence electrons. The second-order valence-electron chi connectivity index (χ2n) is 5.26. The van der Waals surface area contributed by atoms with Crippen LogP contribution in [0.15, 0.2) is 18.2 Å². The summed E-state index contributed by atoms with van der Waals surface area (Å²) in [5.74, 6) is 0.467. The summed E-state index contributed by atoms with van der Waals surface area (Å²) < 4.78 is 24.8. The van der Waals surface area contributed by atoms with Crippen molar-refractivity contribution in [3.05, 3.63) is 29.6 Å². The molecule has 3 rings (SSSR count). The lowest BCUT2D eigenvalue weighted by atomic mass is 9.71. The number of benzene rings is 1. The Kier molecular flexibility index (Phi) is 2.79. The maximum absolute atomic E-state index is 13.2. The first-order chi connectivity index (χ1) is 8.62. The minimum absolute atomic E-state index is 0.146. The van der Waals surface area contributed by atoms with Gasteiger partial charge in [-0.25, -0.2) is 4.39 Å². The van der Waals surface area contributed by atoms with E-state index in [1.807, 2.05) is 6.92 Å². The van der Waals surface area contributed by atoms with E-state index in [2.05, 4.69) is 0 Å². The summed E-state index contributed by atoms with van der Waals surface area (Å²) in [5, 5.41) is 0. The Balaban J connectivity index is 1.79. The van der Waals surface area contributed by atoms with Crippen LogP contribution in [0.25, 0.3) is 0 Å². The highest BCUT2D eigenvalue weighted by atomic mass is 19.1. The fourth-order valence-electron chi connectivity index (χ4n) is 3.06. The second kappa shape index (κ2) is 4.21. The van der Waals surface area contributed by atoms with Crippen molar-refractivity contribution in [2.24, 2.45) is 5.73 Å². The number of rotatable bonds is 2. The van der Waals surface area contributed by atoms with Crippen molar-refractivity contribution in [2.75, 3.05) is 6.61 Å². The predicted octanol–water partition coefficient (Wildman–Crippen LogP) is 2.55. The van der Waals surface area contributed by atoms with Crippen LogP contribution in [0.5, 0.6) is 5.75 Å². The van der Waals surface area contributed by atoms with E-state index in [-0.39, 0.29) is 23.6 Å². The summed E-state index contributed by atoms with van der Waals surface area (Å²) in [4.78, 5) is 0. The molecule has 0 unspecified atom stereocenters. The zero-order valence-corrected chi connectivity index (χ0v) is 10.5. The first kappa shape index (κ1) is 11.9. The van der Waals surface area contributed by atoms with Gasteiger partial charge in [0.05, 0.1) is 6.10 Å². The Morgan fingerprint density at radius 1 is 1.44 bits per heavy atom. The van der Waals surface area contributed by atoms with Crippen LogP contribution in [-0.2, 0) is 4.74 Å². The molecule has 0 saturated heterocycles. The molecular weight excluding hydrogens is 233 g/mol. The summed E-state index contributed by atoms with van der Waals surface area (Å²) in [6, 6.07) is 4.43. The van der Waals surface area contributed by atoms with E-state index in [1.165, 1.54) is 12.1 Å². The molecule has 4 heteroatoms. The summed E-state index contributed by atoms with van der Waals surface area (Å²) in [7, 11) is 0. The van der Waals surface area contributed by atoms with Crippen LogP contribution in [0.3, 0.4) is 0 Å². The SMILES string of the molecule is CCOC1CC2(C1)C[C@@H](N)c1cc(F)ccc1O2. The van der Waals surface area contributed by atoms with Crippen LogP contribution in [-0.4, -0.2) is 18.3 Å². The highest BCUT2D eigenvalue weighted by Gasteiger charge is 2.50. The smallest absolute Gasteiger partial charge is 0.125 e. The zero-order chi connectivity index (χ0) is 12.8. The first-order valence-electron chi connectivity index (χ1n) is 6.47. The minimum atomic E-state index is -0.260. The molecule has 1 fully saturated rings. The summed E-state index contributed by atoms with van der Waals surface area (Å²) >= 11 is 0. The second-order valence-corrected chi connectivity index (χ2v) is 5.26. The van der Waals surface area contributed by atoms with Gasteiger partial charge in [-0.1, -0.05) is 0 Å². The van der Waals surface area contributed by atoms with Gasteiger partial charge in [0, 0.05) is 37.5 Å². The average Bonchev–Trinajstić information content (AvgIpc) is 2.29. The van der Waals surface area contributed by atoms with Crippen molar-refractivity contribution < 1.29 is 13.9 Å². The van der Waals surface area contributed by atoms with Gasteiger partial charge in [-0.15, -0.1) is 0 Å². The third-order valence-electron chi connectivity index (χ3n) is 3.89. The van der Waals surface area contributed by atoms with E-state index in [0.717, 1.165) is 37.2 Å². The van der Waals surface area contributed by atoms with E-state index < -0.39 is 0 Å². The molecule has 0 aromatic heterocycles. The summed E-state index contributed by atoms with van der Waals surface area (Å²) in [6.45, 7) is 2.73. The number of hydrogen-bond donors (Lipinski definition) is 1. The van der Waals surface area contributed by atoms with E-state index in [1.54, 1.807) is 6.07 Å². The van der Waals surface area contributed by atoms with Gasteiger partial charge in [-0.05, 0) is 25.1 Å². The van der Waals surface area contributed by atoms with Gasteiger partial charge >= 0.3 is 0 Å². The summed E-state index contributed by atoms with van der Waals surface area (Å²) in [5.41, 5.74) is 6.72. The highest BCUT2D eigenvalue weighted by molar-refractivity contribution is 5.39. The molecule has 3 nitrogen and oxygen atoms in total. The molecule has 1 saturated carbocycles. The molecule has 0 radical (unpaired) electrons. The molecule has 1 aromatic rings. The molecule has 1 heterocycles. The van der Waals surface area contributed by atoms with Crippen molar-refractivity contribution in [2.45, 2.75) is 43.9 Å². The number of ether oxygens (including phenoxy) is 2. The first-order valence-corrected chi connectivity index (χ1v) is 6.47. The zero-order valence-electron chi connectivity index (χ0n) is 10.5. The average molecular weight is 251 g/mol. The quantitative estimate of drug-likeness (QED) is 0.878. The van der Waals surface area contributed by atoms with Crippen molar-refractivity contribution in [1.29, 1.82) is 0 Å². The van der Waals surface area contributed by atoms with Crippen molar-refractivity contribution in [1.82, 2.24) is 0 Å². The molecule has 18 heavy (non-hydrogen) atoms. The molecule has 1 aliphatic carbocycles. The lowest BCUT2D eigenvalue weighted by Gasteiger charge is -2.50. The van der Waals surface area contributed by atoms with Crippen molar-refractivity contribution in [3.63, 3.8) is 0 Å². The maximum Gasteiger partial charge on any atom is 0.125 e. The highest BCUT2D eigenvalue weighted by Crippen LogP contribution is 2.49. The normalized spacial score (nSPS) is 33.7. The van der Waals surface area contributed by atoms with E-state index in [4.69, 9.17) is 15.2 Å². The third-order valence-corrected chi connectivity index (χ3v) is 3.89. The predicted molar refractivity (Wildman–Crippen MR) is 66.0 cm³/mol. The molecule has 2 aliphatic rings. The van der Waals surface area contributed by atoms with Crippen LogP contribution in [0.2, 0.25) is 0 Å². The molecule has 1 aliphatic heterocycles. The Morgan fingerprint density at radius 2 is 2.22 bits per heavy atom. The van der Waals surface area contributed by atoms with Gasteiger partial charge in [-0.2, -0.15) is 0 Å². The third kappa shape index (κ3) is 1.89. The van der Waals surface area contributed by atoms with Crippen LogP contribution in [0.4, 0.5) is 4.39 Å². The van der Waals surface area contributed by atoms with E-state index >= 15 is 0 Å². The fraction of sp³-hybridized carbons (Fsp3) is 0.571. The molecule has 1 spiro atoms. The van der Waals surface area contributed by atoms with Gasteiger partial charge in [0.2, 0.25) is 0 Å². The van der Waals surface area contributed by atoms with Gasteiger partial charge < -0.3 is 15.2 Å². The van der Waals surface area contributed by atoms with Crippen LogP contribution < -0.4 is 10.5 Å². The molecular formula is C14H18FNO2. The molecule has 1 aromatic carbocycles. The monoisotopic (exact) mass is 251 g/mol. The molecule has 2 N–H and O–H groups in total. The number of fused-ring (bicyclic) bond motifs is 1. The number of hydrogen-bond acceptors (Lipinski definition) is 3. The molecule has 1 atom stereocenters. The van der Waals surface area contributed by atoms with Crippen LogP contribution in [0, 0.1) is 5.82 Å². The van der Waals surface area contributed by atoms with Gasteiger partial charge in [0.1, 0.15) is 17.2 Å². The Labute approximate surface area is 106 Å². The molecule has 0 bridgehead atoms. The van der Waals surface area contributed by atoms with Gasteiger partial charge in [-0.3, -0.25) is 0 Å². The van der Waals surface area contributed by atoms with E-state index in [9.17, 15) is 4.39 Å². The van der Waals surface area contributed by atoms with Crippen LogP contribution in [0.1, 0.15) is 37.8 Å². The lowest BCUT2D eigenvalue weighted by molar-refractivity contribution is -0.134. The van der Waals surface area contributed by atoms with Crippen LogP contribution >= 0.6 is 0 Å². The summed E-state index contributed by atoms with van der Waals surface area (Å²) in [6.07, 6.45) is 2.79. The minimum Gasteiger partial charge on any atom is -0.487 e. The van der Waals surface area contributed by atoms with Crippen molar-refractivity contribution >= 4 is 0 Å². The number of nitrogens with two attached hydrogens (primary N) is 1. The standard InChI is InChI=1S/C14H18FNO2/c1-2-17-10-6-14(7-10)8-12(16)11-5-9(15)3-4-13(11)18-14/h3-5,10,12H,2,6-8,16H2,1H3/t10?,12-,14?/m1/s1. The van der Waals surface area contributed by atoms with Crippen molar-refractivity contribution in [3.8, 4) is 5.75 Å².